The van der Waals surface area contributed by atoms with Gasteiger partial charge < -0.3 is 14.2 Å². The summed E-state index contributed by atoms with van der Waals surface area (Å²) in [5, 5.41) is 0. The van der Waals surface area contributed by atoms with Gasteiger partial charge in [0.25, 0.3) is 0 Å². The number of hydrogen-bond acceptors (Lipinski definition) is 7. The topological polar surface area (TPSA) is 96.0 Å². The van der Waals surface area contributed by atoms with Gasteiger partial charge in [0.15, 0.2) is 11.6 Å². The summed E-state index contributed by atoms with van der Waals surface area (Å²) in [5.74, 6) is -2.31. The first-order chi connectivity index (χ1) is 11.9. The Balaban J connectivity index is 0.000000970. The van der Waals surface area contributed by atoms with Crippen LogP contribution in [0.15, 0.2) is 18.2 Å². The molecule has 1 aromatic rings. The summed E-state index contributed by atoms with van der Waals surface area (Å²) in [5.41, 5.74) is 0.582. The fourth-order valence-electron chi connectivity index (χ4n) is 2.98. The first kappa shape index (κ1) is 20.3. The molecule has 0 spiro atoms. The first-order valence-corrected chi connectivity index (χ1v) is 7.46. The Bertz CT molecular complexity index is 652. The van der Waals surface area contributed by atoms with Crippen LogP contribution in [0, 0.1) is 17.7 Å². The highest BCUT2D eigenvalue weighted by Crippen LogP contribution is 2.44. The van der Waals surface area contributed by atoms with Crippen LogP contribution in [0.25, 0.3) is 0 Å². The molecule has 136 valence electrons. The molecule has 0 saturated carbocycles. The van der Waals surface area contributed by atoms with E-state index in [0.717, 1.165) is 0 Å². The van der Waals surface area contributed by atoms with Gasteiger partial charge in [-0.2, -0.15) is 9.59 Å². The zero-order valence-corrected chi connectivity index (χ0v) is 14.1. The molecule has 0 aliphatic carbocycles. The molecule has 0 aromatic heterocycles. The van der Waals surface area contributed by atoms with Crippen LogP contribution < -0.4 is 4.74 Å². The minimum Gasteiger partial charge on any atom is -0.490 e. The van der Waals surface area contributed by atoms with Gasteiger partial charge in [-0.05, 0) is 6.07 Å². The highest BCUT2D eigenvalue weighted by Gasteiger charge is 2.40. The summed E-state index contributed by atoms with van der Waals surface area (Å²) in [7, 11) is 2.61. The van der Waals surface area contributed by atoms with Crippen LogP contribution in [0.3, 0.4) is 0 Å². The average molecular weight is 354 g/mol. The number of para-hydroxylation sites is 1. The van der Waals surface area contributed by atoms with Crippen LogP contribution in [0.5, 0.6) is 5.75 Å². The largest absolute Gasteiger partial charge is 0.490 e. The predicted molar refractivity (Wildman–Crippen MR) is 80.9 cm³/mol. The highest BCUT2D eigenvalue weighted by atomic mass is 19.1. The van der Waals surface area contributed by atoms with Gasteiger partial charge in [0.1, 0.15) is 0 Å². The van der Waals surface area contributed by atoms with Crippen LogP contribution in [0.1, 0.15) is 24.8 Å². The number of methoxy groups -OCH3 is 2. The molecule has 0 bridgehead atoms. The standard InChI is InChI=1S/C16H19FO5.CO2/c1-9(16(19)21-3)14-10(7-13(18)20-2)8-22-15-11(14)5-4-6-12(15)17;2-1-3/h4-6,9-10,14H,7-8H2,1-3H3;. The lowest BCUT2D eigenvalue weighted by Gasteiger charge is -2.35. The summed E-state index contributed by atoms with van der Waals surface area (Å²) in [6.07, 6.45) is 0.346. The number of esters is 2. The van der Waals surface area contributed by atoms with Crippen LogP contribution in [-0.2, 0) is 28.7 Å². The molecule has 1 aromatic carbocycles. The van der Waals surface area contributed by atoms with Crippen LogP contribution in [0.4, 0.5) is 4.39 Å². The summed E-state index contributed by atoms with van der Waals surface area (Å²) < 4.78 is 28.9. The number of benzene rings is 1. The Morgan fingerprint density at radius 1 is 1.32 bits per heavy atom. The van der Waals surface area contributed by atoms with E-state index in [0.29, 0.717) is 5.56 Å². The lowest BCUT2D eigenvalue weighted by atomic mass is 9.74. The second-order valence-corrected chi connectivity index (χ2v) is 5.43. The minimum atomic E-state index is -0.524. The van der Waals surface area contributed by atoms with Crippen molar-refractivity contribution in [3.05, 3.63) is 29.6 Å². The molecule has 0 radical (unpaired) electrons. The van der Waals surface area contributed by atoms with Gasteiger partial charge in [0, 0.05) is 17.4 Å². The predicted octanol–water partition coefficient (Wildman–Crippen LogP) is 1.71. The number of carbonyl (C=O) groups is 2. The maximum atomic E-state index is 13.9. The molecule has 1 heterocycles. The Kier molecular flexibility index (Phi) is 7.75. The van der Waals surface area contributed by atoms with E-state index in [1.54, 1.807) is 19.1 Å². The van der Waals surface area contributed by atoms with E-state index < -0.39 is 23.7 Å². The lowest BCUT2D eigenvalue weighted by Crippen LogP contribution is -2.35. The van der Waals surface area contributed by atoms with E-state index in [-0.39, 0.29) is 36.8 Å². The molecule has 3 atom stereocenters. The second kappa shape index (κ2) is 9.54. The number of ether oxygens (including phenoxy) is 3. The third-order valence-electron chi connectivity index (χ3n) is 4.07. The molecule has 0 fully saturated rings. The van der Waals surface area contributed by atoms with E-state index in [1.165, 1.54) is 20.3 Å². The highest BCUT2D eigenvalue weighted by molar-refractivity contribution is 5.74. The molecule has 0 N–H and O–H groups in total. The van der Waals surface area contributed by atoms with E-state index in [2.05, 4.69) is 0 Å². The van der Waals surface area contributed by atoms with E-state index >= 15 is 0 Å². The van der Waals surface area contributed by atoms with Crippen molar-refractivity contribution in [2.24, 2.45) is 11.8 Å². The molecular formula is C17H19FO7. The molecule has 1 aliphatic heterocycles. The van der Waals surface area contributed by atoms with Gasteiger partial charge in [-0.15, -0.1) is 0 Å². The molecule has 8 heteroatoms. The number of hydrogen-bond donors (Lipinski definition) is 0. The van der Waals surface area contributed by atoms with Crippen molar-refractivity contribution < 1.29 is 37.8 Å². The van der Waals surface area contributed by atoms with Crippen molar-refractivity contribution in [1.82, 2.24) is 0 Å². The van der Waals surface area contributed by atoms with Gasteiger partial charge in [0.05, 0.1) is 33.2 Å². The smallest absolute Gasteiger partial charge is 0.373 e. The van der Waals surface area contributed by atoms with Crippen molar-refractivity contribution in [2.75, 3.05) is 20.8 Å². The van der Waals surface area contributed by atoms with Crippen molar-refractivity contribution in [1.29, 1.82) is 0 Å². The maximum absolute atomic E-state index is 13.9. The number of fused-ring (bicyclic) bond motifs is 1. The molecule has 0 amide bonds. The van der Waals surface area contributed by atoms with Crippen molar-refractivity contribution in [3.63, 3.8) is 0 Å². The molecule has 2 rings (SSSR count). The third kappa shape index (κ3) is 4.87. The SMILES string of the molecule is COC(=O)CC1COc2c(F)cccc2C1C(C)C(=O)OC.O=C=O. The van der Waals surface area contributed by atoms with Gasteiger partial charge in [-0.3, -0.25) is 9.59 Å². The first-order valence-electron chi connectivity index (χ1n) is 7.46. The van der Waals surface area contributed by atoms with Crippen LogP contribution >= 0.6 is 0 Å². The van der Waals surface area contributed by atoms with Gasteiger partial charge in [-0.1, -0.05) is 19.1 Å². The minimum absolute atomic E-state index is 0.0957. The maximum Gasteiger partial charge on any atom is 0.373 e. The molecule has 7 nitrogen and oxygen atoms in total. The number of rotatable bonds is 4. The Morgan fingerprint density at radius 2 is 1.96 bits per heavy atom. The molecule has 3 unspecified atom stereocenters. The summed E-state index contributed by atoms with van der Waals surface area (Å²) in [4.78, 5) is 39.8. The summed E-state index contributed by atoms with van der Waals surface area (Å²) in [6.45, 7) is 1.86. The lowest BCUT2D eigenvalue weighted by molar-refractivity contribution is -0.191. The normalized spacial score (nSPS) is 19.0. The van der Waals surface area contributed by atoms with Crippen LogP contribution in [0.2, 0.25) is 0 Å². The number of halogens is 1. The molecule has 25 heavy (non-hydrogen) atoms. The third-order valence-corrected chi connectivity index (χ3v) is 4.07. The fourth-order valence-corrected chi connectivity index (χ4v) is 2.98. The van der Waals surface area contributed by atoms with Crippen molar-refractivity contribution in [2.45, 2.75) is 19.3 Å². The Hall–Kier alpha value is -2.73. The van der Waals surface area contributed by atoms with Crippen LogP contribution in [-0.4, -0.2) is 38.9 Å². The zero-order chi connectivity index (χ0) is 19.0. The van der Waals surface area contributed by atoms with Gasteiger partial charge in [0.2, 0.25) is 0 Å². The van der Waals surface area contributed by atoms with Crippen molar-refractivity contribution >= 4 is 18.1 Å². The van der Waals surface area contributed by atoms with E-state index in [9.17, 15) is 14.0 Å². The van der Waals surface area contributed by atoms with Gasteiger partial charge >= 0.3 is 18.1 Å². The molecule has 0 saturated heterocycles. The molecular weight excluding hydrogens is 335 g/mol. The molecule has 1 aliphatic rings. The zero-order valence-electron chi connectivity index (χ0n) is 14.1. The second-order valence-electron chi connectivity index (χ2n) is 5.43. The van der Waals surface area contributed by atoms with Gasteiger partial charge in [-0.25, -0.2) is 4.39 Å². The Labute approximate surface area is 144 Å². The summed E-state index contributed by atoms with van der Waals surface area (Å²) in [6, 6.07) is 4.58. The fraction of sp³-hybridized carbons (Fsp3) is 0.471. The van der Waals surface area contributed by atoms with Crippen molar-refractivity contribution in [3.8, 4) is 5.75 Å². The number of carbonyl (C=O) groups excluding carboxylic acids is 4. The monoisotopic (exact) mass is 354 g/mol. The Morgan fingerprint density at radius 3 is 2.52 bits per heavy atom. The summed E-state index contributed by atoms with van der Waals surface area (Å²) >= 11 is 0. The quantitative estimate of drug-likeness (QED) is 0.759. The van der Waals surface area contributed by atoms with E-state index in [1.807, 2.05) is 0 Å². The van der Waals surface area contributed by atoms with E-state index in [4.69, 9.17) is 23.8 Å². The average Bonchev–Trinajstić information content (AvgIpc) is 2.61.